The Morgan fingerprint density at radius 3 is 2.68 bits per heavy atom. The number of rotatable bonds is 11. The van der Waals surface area contributed by atoms with Crippen molar-refractivity contribution in [2.24, 2.45) is 11.5 Å². The maximum absolute atomic E-state index is 12.1. The van der Waals surface area contributed by atoms with Gasteiger partial charge in [0.2, 0.25) is 0 Å². The number of aldehydes is 1. The summed E-state index contributed by atoms with van der Waals surface area (Å²) in [6.45, 7) is 11.5. The first-order valence-electron chi connectivity index (χ1n) is 13.0. The van der Waals surface area contributed by atoms with E-state index >= 15 is 0 Å². The fourth-order valence-corrected chi connectivity index (χ4v) is 4.59. The van der Waals surface area contributed by atoms with E-state index in [1.54, 1.807) is 24.0 Å². The Bertz CT molecular complexity index is 1500. The molecule has 0 saturated heterocycles. The summed E-state index contributed by atoms with van der Waals surface area (Å²) >= 11 is 1.37. The minimum Gasteiger partial charge on any atom is -0.402 e. The van der Waals surface area contributed by atoms with E-state index in [1.807, 2.05) is 43.6 Å². The summed E-state index contributed by atoms with van der Waals surface area (Å²) in [5.74, 6) is 0.0630. The van der Waals surface area contributed by atoms with E-state index in [1.165, 1.54) is 17.6 Å². The molecule has 4 heterocycles. The third-order valence-corrected chi connectivity index (χ3v) is 6.52. The molecule has 4 rings (SSSR count). The molecule has 220 valence electrons. The summed E-state index contributed by atoms with van der Waals surface area (Å²) < 4.78 is 20.2. The number of fused-ring (bicyclic) bond motifs is 1. The van der Waals surface area contributed by atoms with Crippen LogP contribution in [0.2, 0.25) is 0 Å². The van der Waals surface area contributed by atoms with E-state index in [4.69, 9.17) is 11.5 Å². The highest BCUT2D eigenvalue weighted by Gasteiger charge is 2.19. The smallest absolute Gasteiger partial charge is 0.180 e. The zero-order valence-corrected chi connectivity index (χ0v) is 24.7. The highest BCUT2D eigenvalue weighted by molar-refractivity contribution is 7.10. The van der Waals surface area contributed by atoms with E-state index < -0.39 is 11.4 Å². The van der Waals surface area contributed by atoms with Crippen LogP contribution >= 0.6 is 11.5 Å². The summed E-state index contributed by atoms with van der Waals surface area (Å²) in [5, 5.41) is 18.6. The molecular weight excluding hydrogens is 547 g/mol. The molecule has 0 radical (unpaired) electrons. The number of aryl methyl sites for hydroxylation is 1. The van der Waals surface area contributed by atoms with E-state index in [-0.39, 0.29) is 12.2 Å². The molecule has 0 saturated carbocycles. The number of allylic oxidation sites excluding steroid dienone is 2. The van der Waals surface area contributed by atoms with Crippen molar-refractivity contribution >= 4 is 34.3 Å². The van der Waals surface area contributed by atoms with Gasteiger partial charge in [0.05, 0.1) is 47.3 Å². The standard InChI is InChI=1S/C22H28N8O2S.C5H9FN2/c1-5-28(14-22(3,4)32)13-17-8-19(33-27-17)26-20-21-23-10-18(30(21)11-15(2)25-20)16-9-24-29(12-16)6-7-31;1-2-5(8)4(6)3-7/h7-12,32H,5-6,13-14H2,1-4H3,(H,25,26);2-3H,7-8H2,1H3/b;4-3+,5-2+. The normalized spacial score (nSPS) is 12.5. The first-order valence-corrected chi connectivity index (χ1v) is 13.7. The number of halogens is 1. The third-order valence-electron chi connectivity index (χ3n) is 5.78. The second-order valence-electron chi connectivity index (χ2n) is 9.87. The number of nitrogens with one attached hydrogen (secondary N) is 1. The van der Waals surface area contributed by atoms with Crippen LogP contribution < -0.4 is 16.8 Å². The minimum absolute atomic E-state index is 0.0764. The van der Waals surface area contributed by atoms with Gasteiger partial charge in [-0.05, 0) is 51.8 Å². The molecule has 0 atom stereocenters. The third kappa shape index (κ3) is 8.67. The Morgan fingerprint density at radius 2 is 2.07 bits per heavy atom. The summed E-state index contributed by atoms with van der Waals surface area (Å²) in [5.41, 5.74) is 13.4. The average molecular weight is 585 g/mol. The maximum atomic E-state index is 12.1. The van der Waals surface area contributed by atoms with Crippen LogP contribution in [-0.4, -0.2) is 63.5 Å². The number of aromatic nitrogens is 6. The minimum atomic E-state index is -0.758. The second-order valence-corrected chi connectivity index (χ2v) is 10.7. The predicted molar refractivity (Wildman–Crippen MR) is 159 cm³/mol. The lowest BCUT2D eigenvalue weighted by molar-refractivity contribution is -0.108. The Morgan fingerprint density at radius 1 is 1.32 bits per heavy atom. The zero-order chi connectivity index (χ0) is 30.2. The van der Waals surface area contributed by atoms with Gasteiger partial charge in [0, 0.05) is 37.2 Å². The summed E-state index contributed by atoms with van der Waals surface area (Å²) in [7, 11) is 0. The number of carbonyl (C=O) groups is 1. The van der Waals surface area contributed by atoms with Gasteiger partial charge in [-0.25, -0.2) is 14.4 Å². The van der Waals surface area contributed by atoms with Crippen molar-refractivity contribution < 1.29 is 14.3 Å². The number of anilines is 2. The van der Waals surface area contributed by atoms with Crippen LogP contribution in [-0.2, 0) is 17.9 Å². The molecule has 14 heteroatoms. The molecule has 0 aromatic carbocycles. The van der Waals surface area contributed by atoms with Gasteiger partial charge in [-0.2, -0.15) is 9.47 Å². The van der Waals surface area contributed by atoms with Crippen molar-refractivity contribution in [3.8, 4) is 11.3 Å². The molecular formula is C27H37FN10O2S. The van der Waals surface area contributed by atoms with E-state index in [0.29, 0.717) is 24.6 Å². The van der Waals surface area contributed by atoms with Gasteiger partial charge in [0.15, 0.2) is 17.3 Å². The number of hydrogen-bond donors (Lipinski definition) is 4. The van der Waals surface area contributed by atoms with Gasteiger partial charge < -0.3 is 26.7 Å². The summed E-state index contributed by atoms with van der Waals surface area (Å²) in [4.78, 5) is 22.2. The van der Waals surface area contributed by atoms with Gasteiger partial charge >= 0.3 is 0 Å². The molecule has 0 aliphatic heterocycles. The van der Waals surface area contributed by atoms with Crippen molar-refractivity contribution in [1.82, 2.24) is 33.4 Å². The Labute approximate surface area is 242 Å². The largest absolute Gasteiger partial charge is 0.402 e. The van der Waals surface area contributed by atoms with Crippen LogP contribution in [0.25, 0.3) is 16.9 Å². The second kappa shape index (κ2) is 14.0. The van der Waals surface area contributed by atoms with Crippen LogP contribution in [0, 0.1) is 6.92 Å². The lowest BCUT2D eigenvalue weighted by Crippen LogP contribution is -2.38. The fraction of sp³-hybridized carbons (Fsp3) is 0.370. The Kier molecular flexibility index (Phi) is 10.7. The molecule has 0 spiro atoms. The van der Waals surface area contributed by atoms with Gasteiger partial charge in [-0.1, -0.05) is 13.0 Å². The summed E-state index contributed by atoms with van der Waals surface area (Å²) in [6, 6.07) is 2.01. The predicted octanol–water partition coefficient (Wildman–Crippen LogP) is 3.51. The number of likely N-dealkylation sites (N-methyl/N-ethyl adjacent to an activating group) is 1. The number of imidazole rings is 1. The van der Waals surface area contributed by atoms with Crippen molar-refractivity contribution in [1.29, 1.82) is 0 Å². The Balaban J connectivity index is 0.000000507. The number of hydrogen-bond acceptors (Lipinski definition) is 11. The van der Waals surface area contributed by atoms with E-state index in [9.17, 15) is 14.3 Å². The first kappa shape index (κ1) is 31.4. The molecule has 0 amide bonds. The molecule has 0 bridgehead atoms. The fourth-order valence-electron chi connectivity index (χ4n) is 3.93. The highest BCUT2D eigenvalue weighted by atomic mass is 32.1. The molecule has 41 heavy (non-hydrogen) atoms. The molecule has 4 aromatic rings. The highest BCUT2D eigenvalue weighted by Crippen LogP contribution is 2.28. The molecule has 0 fully saturated rings. The maximum Gasteiger partial charge on any atom is 0.180 e. The van der Waals surface area contributed by atoms with Crippen LogP contribution in [0.15, 0.2) is 54.7 Å². The van der Waals surface area contributed by atoms with E-state index in [0.717, 1.165) is 46.7 Å². The van der Waals surface area contributed by atoms with Gasteiger partial charge in [0.1, 0.15) is 11.3 Å². The average Bonchev–Trinajstić information content (AvgIpc) is 3.67. The van der Waals surface area contributed by atoms with Crippen molar-refractivity contribution in [2.75, 3.05) is 18.4 Å². The molecule has 12 nitrogen and oxygen atoms in total. The number of nitrogens with zero attached hydrogens (tertiary/aromatic N) is 7. The first-order chi connectivity index (χ1) is 19.5. The molecule has 0 unspecified atom stereocenters. The lowest BCUT2D eigenvalue weighted by atomic mass is 10.1. The molecule has 4 aromatic heterocycles. The number of carbonyl (C=O) groups excluding carboxylic acids is 1. The van der Waals surface area contributed by atoms with Gasteiger partial charge in [-0.15, -0.1) is 0 Å². The zero-order valence-electron chi connectivity index (χ0n) is 23.9. The van der Waals surface area contributed by atoms with Crippen molar-refractivity contribution in [3.05, 3.63) is 66.0 Å². The summed E-state index contributed by atoms with van der Waals surface area (Å²) in [6.07, 6.45) is 10.3. The monoisotopic (exact) mass is 584 g/mol. The van der Waals surface area contributed by atoms with Crippen LogP contribution in [0.1, 0.15) is 39.1 Å². The topological polar surface area (TPSA) is 166 Å². The molecule has 0 aliphatic carbocycles. The van der Waals surface area contributed by atoms with Gasteiger partial charge in [0.25, 0.3) is 0 Å². The molecule has 6 N–H and O–H groups in total. The van der Waals surface area contributed by atoms with Crippen LogP contribution in [0.5, 0.6) is 0 Å². The number of aliphatic hydroxyl groups is 1. The van der Waals surface area contributed by atoms with Crippen LogP contribution in [0.3, 0.4) is 0 Å². The number of nitrogens with two attached hydrogens (primary N) is 2. The van der Waals surface area contributed by atoms with E-state index in [2.05, 4.69) is 36.6 Å². The van der Waals surface area contributed by atoms with Crippen LogP contribution in [0.4, 0.5) is 15.2 Å². The van der Waals surface area contributed by atoms with Crippen molar-refractivity contribution in [3.63, 3.8) is 0 Å². The lowest BCUT2D eigenvalue weighted by Gasteiger charge is -2.27. The van der Waals surface area contributed by atoms with Gasteiger partial charge in [-0.3, -0.25) is 14.0 Å². The Hall–Kier alpha value is -4.14. The van der Waals surface area contributed by atoms with Crippen molar-refractivity contribution in [2.45, 2.75) is 53.3 Å². The molecule has 0 aliphatic rings. The SMILES string of the molecule is C/C=C(N)\C(F)=C/N.CCN(Cc1cc(Nc2nc(C)cn3c(-c4cnn(CC=O)c4)cnc23)sn1)CC(C)(C)O. The quantitative estimate of drug-likeness (QED) is 0.151.